The maximum Gasteiger partial charge on any atom is 0.191 e. The van der Waals surface area contributed by atoms with E-state index in [-0.39, 0.29) is 11.2 Å². The van der Waals surface area contributed by atoms with Crippen molar-refractivity contribution in [2.75, 3.05) is 19.3 Å². The molecule has 0 amide bonds. The van der Waals surface area contributed by atoms with Crippen LogP contribution in [0, 0.1) is 0 Å². The fraction of sp³-hybridized carbons (Fsp3) is 0.409. The zero-order chi connectivity index (χ0) is 20.9. The number of sulfone groups is 1. The fourth-order valence-electron chi connectivity index (χ4n) is 3.35. The zero-order valence-electron chi connectivity index (χ0n) is 16.9. The number of benzene rings is 2. The lowest BCUT2D eigenvalue weighted by Gasteiger charge is -2.19. The van der Waals surface area contributed by atoms with Crippen molar-refractivity contribution in [2.24, 2.45) is 4.99 Å². The summed E-state index contributed by atoms with van der Waals surface area (Å²) in [4.78, 5) is 4.68. The molecule has 5 nitrogen and oxygen atoms in total. The molecule has 0 aromatic heterocycles. The maximum atomic E-state index is 11.4. The highest BCUT2D eigenvalue weighted by atomic mass is 35.5. The Labute approximate surface area is 178 Å². The van der Waals surface area contributed by atoms with E-state index in [0.717, 1.165) is 48.0 Å². The van der Waals surface area contributed by atoms with Crippen molar-refractivity contribution >= 4 is 27.4 Å². The fourth-order valence-corrected chi connectivity index (χ4v) is 4.33. The Balaban J connectivity index is 1.61. The van der Waals surface area contributed by atoms with E-state index in [9.17, 15) is 8.42 Å². The van der Waals surface area contributed by atoms with E-state index < -0.39 is 9.84 Å². The molecule has 29 heavy (non-hydrogen) atoms. The average Bonchev–Trinajstić information content (AvgIpc) is 3.45. The Hall–Kier alpha value is -2.05. The summed E-state index contributed by atoms with van der Waals surface area (Å²) < 4.78 is 22.8. The van der Waals surface area contributed by atoms with Gasteiger partial charge in [0.1, 0.15) is 0 Å². The molecule has 1 fully saturated rings. The SMILES string of the molecule is CCNC(=NCc1ccc(CS(C)(=O)=O)cc1)NCC1(c2cccc(Cl)c2)CC1. The van der Waals surface area contributed by atoms with E-state index in [1.165, 1.54) is 11.8 Å². The van der Waals surface area contributed by atoms with Gasteiger partial charge in [-0.3, -0.25) is 0 Å². The molecule has 3 rings (SSSR count). The topological polar surface area (TPSA) is 70.6 Å². The Morgan fingerprint density at radius 3 is 2.38 bits per heavy atom. The zero-order valence-corrected chi connectivity index (χ0v) is 18.5. The molecule has 1 saturated carbocycles. The molecule has 2 aromatic carbocycles. The van der Waals surface area contributed by atoms with Gasteiger partial charge in [-0.15, -0.1) is 0 Å². The van der Waals surface area contributed by atoms with Crippen molar-refractivity contribution in [1.29, 1.82) is 0 Å². The molecule has 0 unspecified atom stereocenters. The summed E-state index contributed by atoms with van der Waals surface area (Å²) in [6.07, 6.45) is 3.53. The van der Waals surface area contributed by atoms with Crippen LogP contribution in [0.3, 0.4) is 0 Å². The van der Waals surface area contributed by atoms with Crippen LogP contribution < -0.4 is 10.6 Å². The number of nitrogens with one attached hydrogen (secondary N) is 2. The van der Waals surface area contributed by atoms with Gasteiger partial charge < -0.3 is 10.6 Å². The van der Waals surface area contributed by atoms with Crippen LogP contribution in [0.5, 0.6) is 0 Å². The predicted octanol–water partition coefficient (Wildman–Crippen LogP) is 3.67. The molecule has 0 saturated heterocycles. The molecule has 156 valence electrons. The average molecular weight is 434 g/mol. The van der Waals surface area contributed by atoms with Gasteiger partial charge in [-0.1, -0.05) is 48.0 Å². The van der Waals surface area contributed by atoms with E-state index in [4.69, 9.17) is 11.6 Å². The smallest absolute Gasteiger partial charge is 0.191 e. The van der Waals surface area contributed by atoms with E-state index in [1.807, 2.05) is 43.3 Å². The summed E-state index contributed by atoms with van der Waals surface area (Å²) in [5.74, 6) is 0.841. The van der Waals surface area contributed by atoms with Gasteiger partial charge in [-0.05, 0) is 48.6 Å². The lowest BCUT2D eigenvalue weighted by atomic mass is 9.96. The quantitative estimate of drug-likeness (QED) is 0.492. The minimum absolute atomic E-state index is 0.0618. The largest absolute Gasteiger partial charge is 0.357 e. The van der Waals surface area contributed by atoms with Gasteiger partial charge in [-0.25, -0.2) is 13.4 Å². The van der Waals surface area contributed by atoms with Gasteiger partial charge in [0.25, 0.3) is 0 Å². The van der Waals surface area contributed by atoms with Crippen LogP contribution in [0.1, 0.15) is 36.5 Å². The molecule has 7 heteroatoms. The van der Waals surface area contributed by atoms with E-state index in [0.29, 0.717) is 6.54 Å². The molecule has 0 heterocycles. The minimum Gasteiger partial charge on any atom is -0.357 e. The lowest BCUT2D eigenvalue weighted by molar-refractivity contribution is 0.601. The first-order chi connectivity index (χ1) is 13.8. The Morgan fingerprint density at radius 1 is 1.10 bits per heavy atom. The molecule has 1 aliphatic carbocycles. The predicted molar refractivity (Wildman–Crippen MR) is 120 cm³/mol. The maximum absolute atomic E-state index is 11.4. The molecule has 2 aromatic rings. The number of aliphatic imine (C=N–C) groups is 1. The molecule has 0 aliphatic heterocycles. The summed E-state index contributed by atoms with van der Waals surface area (Å²) in [6.45, 7) is 4.16. The lowest BCUT2D eigenvalue weighted by Crippen LogP contribution is -2.41. The monoisotopic (exact) mass is 433 g/mol. The standard InChI is InChI=1S/C22H28ClN3O2S/c1-3-24-21(25-14-17-7-9-18(10-8-17)15-29(2,27)28)26-16-22(11-12-22)19-5-4-6-20(23)13-19/h4-10,13H,3,11-12,14-16H2,1-2H3,(H2,24,25,26). The number of hydrogen-bond donors (Lipinski definition) is 2. The third-order valence-electron chi connectivity index (χ3n) is 5.10. The Morgan fingerprint density at radius 2 is 1.79 bits per heavy atom. The highest BCUT2D eigenvalue weighted by Crippen LogP contribution is 2.48. The van der Waals surface area contributed by atoms with Gasteiger partial charge in [0, 0.05) is 29.8 Å². The van der Waals surface area contributed by atoms with Gasteiger partial charge in [0.15, 0.2) is 15.8 Å². The molecule has 0 radical (unpaired) electrons. The van der Waals surface area contributed by atoms with E-state index >= 15 is 0 Å². The van der Waals surface area contributed by atoms with Crippen LogP contribution >= 0.6 is 11.6 Å². The molecular weight excluding hydrogens is 406 g/mol. The molecule has 0 spiro atoms. The van der Waals surface area contributed by atoms with Crippen molar-refractivity contribution in [1.82, 2.24) is 10.6 Å². The molecule has 2 N–H and O–H groups in total. The second-order valence-corrected chi connectivity index (χ2v) is 10.3. The first-order valence-corrected chi connectivity index (χ1v) is 12.3. The van der Waals surface area contributed by atoms with Gasteiger partial charge >= 0.3 is 0 Å². The van der Waals surface area contributed by atoms with Gasteiger partial charge in [-0.2, -0.15) is 0 Å². The summed E-state index contributed by atoms with van der Waals surface area (Å²) in [6, 6.07) is 15.7. The third kappa shape index (κ3) is 6.47. The molecule has 0 atom stereocenters. The Bertz CT molecular complexity index is 968. The third-order valence-corrected chi connectivity index (χ3v) is 6.19. The molecule has 1 aliphatic rings. The van der Waals surface area contributed by atoms with Crippen LogP contribution in [0.25, 0.3) is 0 Å². The minimum atomic E-state index is -3.02. The number of hydrogen-bond acceptors (Lipinski definition) is 3. The van der Waals surface area contributed by atoms with Crippen LogP contribution in [-0.4, -0.2) is 33.7 Å². The van der Waals surface area contributed by atoms with Crippen molar-refractivity contribution in [3.8, 4) is 0 Å². The highest BCUT2D eigenvalue weighted by Gasteiger charge is 2.44. The van der Waals surface area contributed by atoms with Crippen LogP contribution in [0.4, 0.5) is 0 Å². The number of guanidine groups is 1. The van der Waals surface area contributed by atoms with Crippen molar-refractivity contribution < 1.29 is 8.42 Å². The van der Waals surface area contributed by atoms with E-state index in [1.54, 1.807) is 0 Å². The van der Waals surface area contributed by atoms with Crippen molar-refractivity contribution in [3.05, 3.63) is 70.2 Å². The van der Waals surface area contributed by atoms with Crippen LogP contribution in [0.15, 0.2) is 53.5 Å². The van der Waals surface area contributed by atoms with Crippen LogP contribution in [0.2, 0.25) is 5.02 Å². The summed E-state index contributed by atoms with van der Waals surface area (Å²) in [5, 5.41) is 7.53. The first-order valence-electron chi connectivity index (χ1n) is 9.83. The normalized spacial score (nSPS) is 15.8. The Kier molecular flexibility index (Phi) is 6.85. The molecular formula is C22H28ClN3O2S. The first kappa shape index (κ1) is 21.7. The highest BCUT2D eigenvalue weighted by molar-refractivity contribution is 7.89. The van der Waals surface area contributed by atoms with Gasteiger partial charge in [0.05, 0.1) is 12.3 Å². The number of nitrogens with zero attached hydrogens (tertiary/aromatic N) is 1. The van der Waals surface area contributed by atoms with Crippen molar-refractivity contribution in [3.63, 3.8) is 0 Å². The number of rotatable bonds is 8. The summed E-state index contributed by atoms with van der Waals surface area (Å²) >= 11 is 6.17. The number of halogens is 1. The van der Waals surface area contributed by atoms with Crippen LogP contribution in [-0.2, 0) is 27.5 Å². The second-order valence-electron chi connectivity index (χ2n) is 7.73. The second kappa shape index (κ2) is 9.18. The van der Waals surface area contributed by atoms with Gasteiger partial charge in [0.2, 0.25) is 0 Å². The summed E-state index contributed by atoms with van der Waals surface area (Å²) in [5.41, 5.74) is 3.24. The van der Waals surface area contributed by atoms with E-state index in [2.05, 4.69) is 27.8 Å². The van der Waals surface area contributed by atoms with Crippen molar-refractivity contribution in [2.45, 2.75) is 37.5 Å². The summed E-state index contributed by atoms with van der Waals surface area (Å²) in [7, 11) is -3.02. The molecule has 0 bridgehead atoms.